The molecule has 6 heteroatoms. The summed E-state index contributed by atoms with van der Waals surface area (Å²) in [5, 5.41) is 10.8. The summed E-state index contributed by atoms with van der Waals surface area (Å²) in [6, 6.07) is 8.17. The van der Waals surface area contributed by atoms with E-state index in [1.54, 1.807) is 11.3 Å². The standard InChI is InChI=1S/C18H22N4OS/c23-18(22-9-1-2-10-22)14-7-11-21(12-8-14)17-6-5-15(19-20-17)16-4-3-13-24-16/h3-6,13-14H,1-2,7-12H2. The number of hydrogen-bond donors (Lipinski definition) is 0. The third-order valence-electron chi connectivity index (χ3n) is 5.01. The normalized spacial score (nSPS) is 19.0. The van der Waals surface area contributed by atoms with Gasteiger partial charge >= 0.3 is 0 Å². The first-order valence-electron chi connectivity index (χ1n) is 8.72. The van der Waals surface area contributed by atoms with E-state index in [0.717, 1.165) is 68.3 Å². The fourth-order valence-electron chi connectivity index (χ4n) is 3.60. The van der Waals surface area contributed by atoms with E-state index in [4.69, 9.17) is 0 Å². The van der Waals surface area contributed by atoms with Crippen molar-refractivity contribution in [3.8, 4) is 10.6 Å². The molecule has 2 saturated heterocycles. The zero-order valence-electron chi connectivity index (χ0n) is 13.7. The van der Waals surface area contributed by atoms with Gasteiger partial charge in [-0.05, 0) is 49.3 Å². The Morgan fingerprint density at radius 1 is 1.04 bits per heavy atom. The van der Waals surface area contributed by atoms with Crippen LogP contribution < -0.4 is 4.90 Å². The maximum atomic E-state index is 12.5. The minimum absolute atomic E-state index is 0.192. The lowest BCUT2D eigenvalue weighted by Gasteiger charge is -2.33. The summed E-state index contributed by atoms with van der Waals surface area (Å²) in [6.45, 7) is 3.68. The van der Waals surface area contributed by atoms with Gasteiger partial charge < -0.3 is 9.80 Å². The largest absolute Gasteiger partial charge is 0.355 e. The molecule has 0 aliphatic carbocycles. The van der Waals surface area contributed by atoms with Crippen LogP contribution in [0.15, 0.2) is 29.6 Å². The van der Waals surface area contributed by atoms with E-state index in [1.165, 1.54) is 0 Å². The Bertz CT molecular complexity index is 672. The topological polar surface area (TPSA) is 49.3 Å². The van der Waals surface area contributed by atoms with Gasteiger partial charge in [-0.15, -0.1) is 21.5 Å². The molecule has 0 spiro atoms. The maximum absolute atomic E-state index is 12.5. The number of piperidine rings is 1. The van der Waals surface area contributed by atoms with Gasteiger partial charge in [-0.3, -0.25) is 4.79 Å². The second-order valence-electron chi connectivity index (χ2n) is 6.55. The first-order chi connectivity index (χ1) is 11.8. The van der Waals surface area contributed by atoms with Crippen LogP contribution in [0.5, 0.6) is 0 Å². The molecule has 1 amide bonds. The van der Waals surface area contributed by atoms with Crippen molar-refractivity contribution in [2.24, 2.45) is 5.92 Å². The van der Waals surface area contributed by atoms with E-state index in [-0.39, 0.29) is 5.92 Å². The van der Waals surface area contributed by atoms with Crippen LogP contribution in [0.2, 0.25) is 0 Å². The number of nitrogens with zero attached hydrogens (tertiary/aromatic N) is 4. The van der Waals surface area contributed by atoms with Crippen molar-refractivity contribution in [2.45, 2.75) is 25.7 Å². The van der Waals surface area contributed by atoms with Crippen LogP contribution in [-0.2, 0) is 4.79 Å². The molecule has 0 saturated carbocycles. The molecule has 0 N–H and O–H groups in total. The lowest BCUT2D eigenvalue weighted by atomic mass is 9.95. The summed E-state index contributed by atoms with van der Waals surface area (Å²) in [7, 11) is 0. The summed E-state index contributed by atoms with van der Waals surface area (Å²) < 4.78 is 0. The van der Waals surface area contributed by atoms with Gasteiger partial charge in [0.1, 0.15) is 5.69 Å². The lowest BCUT2D eigenvalue weighted by molar-refractivity contribution is -0.135. The minimum Gasteiger partial charge on any atom is -0.355 e. The Labute approximate surface area is 146 Å². The molecule has 4 heterocycles. The number of amides is 1. The molecule has 2 aromatic rings. The number of likely N-dealkylation sites (tertiary alicyclic amines) is 1. The van der Waals surface area contributed by atoms with Crippen molar-refractivity contribution in [1.82, 2.24) is 15.1 Å². The van der Waals surface area contributed by atoms with Crippen LogP contribution in [0, 0.1) is 5.92 Å². The van der Waals surface area contributed by atoms with Crippen LogP contribution in [0.1, 0.15) is 25.7 Å². The summed E-state index contributed by atoms with van der Waals surface area (Å²) in [5.74, 6) is 1.48. The summed E-state index contributed by atoms with van der Waals surface area (Å²) >= 11 is 1.67. The second-order valence-corrected chi connectivity index (χ2v) is 7.50. The van der Waals surface area contributed by atoms with Crippen LogP contribution in [0.25, 0.3) is 10.6 Å². The third kappa shape index (κ3) is 3.15. The zero-order chi connectivity index (χ0) is 16.4. The number of rotatable bonds is 3. The van der Waals surface area contributed by atoms with Gasteiger partial charge in [0.05, 0.1) is 4.88 Å². The van der Waals surface area contributed by atoms with Gasteiger partial charge in [0, 0.05) is 32.1 Å². The Kier molecular flexibility index (Phi) is 4.47. The molecular weight excluding hydrogens is 320 g/mol. The van der Waals surface area contributed by atoms with Crippen LogP contribution in [0.3, 0.4) is 0 Å². The summed E-state index contributed by atoms with van der Waals surface area (Å²) in [6.07, 6.45) is 4.17. The number of carbonyl (C=O) groups excluding carboxylic acids is 1. The molecule has 24 heavy (non-hydrogen) atoms. The van der Waals surface area contributed by atoms with Crippen molar-refractivity contribution < 1.29 is 4.79 Å². The predicted molar refractivity (Wildman–Crippen MR) is 96.1 cm³/mol. The predicted octanol–water partition coefficient (Wildman–Crippen LogP) is 3.04. The monoisotopic (exact) mass is 342 g/mol. The SMILES string of the molecule is O=C(C1CCN(c2ccc(-c3cccs3)nn2)CC1)N1CCCC1. The Hall–Kier alpha value is -1.95. The van der Waals surface area contributed by atoms with Gasteiger partial charge in [0.25, 0.3) is 0 Å². The number of aromatic nitrogens is 2. The van der Waals surface area contributed by atoms with Gasteiger partial charge in [-0.25, -0.2) is 0 Å². The molecule has 4 rings (SSSR count). The van der Waals surface area contributed by atoms with E-state index in [2.05, 4.69) is 26.1 Å². The van der Waals surface area contributed by atoms with E-state index >= 15 is 0 Å². The zero-order valence-corrected chi connectivity index (χ0v) is 14.5. The highest BCUT2D eigenvalue weighted by Crippen LogP contribution is 2.26. The molecule has 0 atom stereocenters. The highest BCUT2D eigenvalue weighted by Gasteiger charge is 2.30. The molecule has 126 valence electrons. The van der Waals surface area contributed by atoms with Crippen LogP contribution >= 0.6 is 11.3 Å². The molecule has 2 aromatic heterocycles. The van der Waals surface area contributed by atoms with Gasteiger partial charge in [0.15, 0.2) is 5.82 Å². The first kappa shape index (κ1) is 15.6. The molecule has 2 aliphatic heterocycles. The van der Waals surface area contributed by atoms with Crippen molar-refractivity contribution in [3.63, 3.8) is 0 Å². The maximum Gasteiger partial charge on any atom is 0.225 e. The van der Waals surface area contributed by atoms with E-state index in [9.17, 15) is 4.79 Å². The lowest BCUT2D eigenvalue weighted by Crippen LogP contribution is -2.42. The van der Waals surface area contributed by atoms with E-state index < -0.39 is 0 Å². The Balaban J connectivity index is 1.36. The van der Waals surface area contributed by atoms with Gasteiger partial charge in [-0.2, -0.15) is 0 Å². The van der Waals surface area contributed by atoms with Crippen LogP contribution in [0.4, 0.5) is 5.82 Å². The quantitative estimate of drug-likeness (QED) is 0.860. The first-order valence-corrected chi connectivity index (χ1v) is 9.60. The third-order valence-corrected chi connectivity index (χ3v) is 5.90. The molecule has 0 aromatic carbocycles. The average Bonchev–Trinajstić information content (AvgIpc) is 3.35. The smallest absolute Gasteiger partial charge is 0.225 e. The molecular formula is C18H22N4OS. The number of thiophene rings is 1. The molecule has 5 nitrogen and oxygen atoms in total. The Morgan fingerprint density at radius 2 is 1.83 bits per heavy atom. The highest BCUT2D eigenvalue weighted by atomic mass is 32.1. The number of anilines is 1. The highest BCUT2D eigenvalue weighted by molar-refractivity contribution is 7.13. The van der Waals surface area contributed by atoms with E-state index in [0.29, 0.717) is 5.91 Å². The molecule has 2 fully saturated rings. The van der Waals surface area contributed by atoms with Crippen molar-refractivity contribution >= 4 is 23.1 Å². The molecule has 0 bridgehead atoms. The van der Waals surface area contributed by atoms with Crippen molar-refractivity contribution in [1.29, 1.82) is 0 Å². The van der Waals surface area contributed by atoms with Crippen LogP contribution in [-0.4, -0.2) is 47.2 Å². The van der Waals surface area contributed by atoms with Gasteiger partial charge in [-0.1, -0.05) is 6.07 Å². The summed E-state index contributed by atoms with van der Waals surface area (Å²) in [4.78, 5) is 17.9. The molecule has 2 aliphatic rings. The number of hydrogen-bond acceptors (Lipinski definition) is 5. The molecule has 0 unspecified atom stereocenters. The summed E-state index contributed by atoms with van der Waals surface area (Å²) in [5.41, 5.74) is 0.924. The Morgan fingerprint density at radius 3 is 2.46 bits per heavy atom. The fourth-order valence-corrected chi connectivity index (χ4v) is 4.29. The second kappa shape index (κ2) is 6.89. The molecule has 0 radical (unpaired) electrons. The van der Waals surface area contributed by atoms with Crippen molar-refractivity contribution in [2.75, 3.05) is 31.1 Å². The minimum atomic E-state index is 0.192. The van der Waals surface area contributed by atoms with Crippen molar-refractivity contribution in [3.05, 3.63) is 29.6 Å². The number of carbonyl (C=O) groups is 1. The van der Waals surface area contributed by atoms with E-state index in [1.807, 2.05) is 23.6 Å². The fraction of sp³-hybridized carbons (Fsp3) is 0.500. The average molecular weight is 342 g/mol. The van der Waals surface area contributed by atoms with Gasteiger partial charge in [0.2, 0.25) is 5.91 Å².